The van der Waals surface area contributed by atoms with E-state index in [1.165, 1.54) is 0 Å². The Morgan fingerprint density at radius 2 is 2.18 bits per heavy atom. The van der Waals surface area contributed by atoms with Crippen LogP contribution in [0.4, 0.5) is 0 Å². The van der Waals surface area contributed by atoms with E-state index in [0.29, 0.717) is 26.3 Å². The maximum Gasteiger partial charge on any atom is 0.231 e. The highest BCUT2D eigenvalue weighted by molar-refractivity contribution is 7.92. The summed E-state index contributed by atoms with van der Waals surface area (Å²) in [6, 6.07) is 5.89. The van der Waals surface area contributed by atoms with Crippen LogP contribution in [0.1, 0.15) is 12.0 Å². The summed E-state index contributed by atoms with van der Waals surface area (Å²) in [7, 11) is -3.04. The third-order valence-corrected chi connectivity index (χ3v) is 6.84. The second kappa shape index (κ2) is 5.40. The molecule has 0 amide bonds. The van der Waals surface area contributed by atoms with Crippen molar-refractivity contribution in [1.82, 2.24) is 4.90 Å². The first-order chi connectivity index (χ1) is 10.6. The van der Waals surface area contributed by atoms with Crippen molar-refractivity contribution in [3.8, 4) is 11.5 Å². The van der Waals surface area contributed by atoms with Gasteiger partial charge < -0.3 is 14.2 Å². The predicted molar refractivity (Wildman–Crippen MR) is 79.8 cm³/mol. The molecule has 1 aromatic rings. The Labute approximate surface area is 129 Å². The van der Waals surface area contributed by atoms with Crippen molar-refractivity contribution in [1.29, 1.82) is 0 Å². The SMILES string of the molecule is O=S1(=O)CCN(Cc2cccc3c2OCO3)C2CCOCC21. The molecular weight excluding hydrogens is 306 g/mol. The molecule has 2 saturated heterocycles. The third-order valence-electron chi connectivity index (χ3n) is 4.71. The summed E-state index contributed by atoms with van der Waals surface area (Å²) in [6.45, 7) is 2.44. The average Bonchev–Trinajstić information content (AvgIpc) is 3.00. The van der Waals surface area contributed by atoms with Gasteiger partial charge in [-0.3, -0.25) is 4.90 Å². The highest BCUT2D eigenvalue weighted by Crippen LogP contribution is 2.37. The number of nitrogens with zero attached hydrogens (tertiary/aromatic N) is 1. The lowest BCUT2D eigenvalue weighted by Gasteiger charge is -2.43. The fourth-order valence-corrected chi connectivity index (χ4v) is 5.44. The van der Waals surface area contributed by atoms with Gasteiger partial charge in [0.2, 0.25) is 6.79 Å². The van der Waals surface area contributed by atoms with Gasteiger partial charge in [-0.2, -0.15) is 0 Å². The fourth-order valence-electron chi connectivity index (χ4n) is 3.55. The summed E-state index contributed by atoms with van der Waals surface area (Å²) in [4.78, 5) is 2.26. The van der Waals surface area contributed by atoms with Crippen LogP contribution < -0.4 is 9.47 Å². The van der Waals surface area contributed by atoms with E-state index in [9.17, 15) is 8.42 Å². The van der Waals surface area contributed by atoms with Crippen LogP contribution >= 0.6 is 0 Å². The van der Waals surface area contributed by atoms with Gasteiger partial charge in [0, 0.05) is 31.3 Å². The van der Waals surface area contributed by atoms with Gasteiger partial charge in [0.1, 0.15) is 5.25 Å². The quantitative estimate of drug-likeness (QED) is 0.801. The number of hydrogen-bond acceptors (Lipinski definition) is 6. The van der Waals surface area contributed by atoms with E-state index in [2.05, 4.69) is 4.90 Å². The number of sulfone groups is 1. The van der Waals surface area contributed by atoms with Crippen molar-refractivity contribution in [2.75, 3.05) is 32.3 Å². The Balaban J connectivity index is 1.59. The van der Waals surface area contributed by atoms with Gasteiger partial charge in [-0.25, -0.2) is 8.42 Å². The third kappa shape index (κ3) is 2.37. The summed E-state index contributed by atoms with van der Waals surface area (Å²) < 4.78 is 40.9. The Morgan fingerprint density at radius 3 is 3.09 bits per heavy atom. The number of benzene rings is 1. The highest BCUT2D eigenvalue weighted by atomic mass is 32.2. The lowest BCUT2D eigenvalue weighted by molar-refractivity contribution is 0.0311. The van der Waals surface area contributed by atoms with Gasteiger partial charge in [0.25, 0.3) is 0 Å². The maximum atomic E-state index is 12.2. The molecule has 2 fully saturated rings. The number of ether oxygens (including phenoxy) is 3. The molecule has 3 heterocycles. The first-order valence-electron chi connectivity index (χ1n) is 7.56. The first kappa shape index (κ1) is 14.3. The van der Waals surface area contributed by atoms with Gasteiger partial charge >= 0.3 is 0 Å². The summed E-state index contributed by atoms with van der Waals surface area (Å²) in [6.07, 6.45) is 0.760. The van der Waals surface area contributed by atoms with Crippen LogP contribution in [0, 0.1) is 0 Å². The molecular formula is C15H19NO5S. The second-order valence-corrected chi connectivity index (χ2v) is 8.30. The molecule has 0 aromatic heterocycles. The van der Waals surface area contributed by atoms with Crippen LogP contribution in [0.3, 0.4) is 0 Å². The van der Waals surface area contributed by atoms with Gasteiger partial charge in [-0.15, -0.1) is 0 Å². The molecule has 0 bridgehead atoms. The molecule has 0 aliphatic carbocycles. The number of para-hydroxylation sites is 1. The van der Waals surface area contributed by atoms with Gasteiger partial charge in [0.15, 0.2) is 21.3 Å². The molecule has 6 nitrogen and oxygen atoms in total. The van der Waals surface area contributed by atoms with Crippen LogP contribution in [-0.2, 0) is 21.1 Å². The average molecular weight is 325 g/mol. The van der Waals surface area contributed by atoms with Crippen molar-refractivity contribution in [2.45, 2.75) is 24.3 Å². The van der Waals surface area contributed by atoms with Crippen molar-refractivity contribution in [3.63, 3.8) is 0 Å². The van der Waals surface area contributed by atoms with E-state index >= 15 is 0 Å². The molecule has 3 aliphatic heterocycles. The van der Waals surface area contributed by atoms with E-state index in [1.54, 1.807) is 0 Å². The summed E-state index contributed by atoms with van der Waals surface area (Å²) in [5.41, 5.74) is 1.06. The minimum Gasteiger partial charge on any atom is -0.454 e. The van der Waals surface area contributed by atoms with Gasteiger partial charge in [-0.1, -0.05) is 12.1 Å². The normalized spacial score (nSPS) is 30.0. The van der Waals surface area contributed by atoms with Crippen LogP contribution in [0.5, 0.6) is 11.5 Å². The Morgan fingerprint density at radius 1 is 1.27 bits per heavy atom. The van der Waals surface area contributed by atoms with E-state index in [1.807, 2.05) is 18.2 Å². The zero-order valence-electron chi connectivity index (χ0n) is 12.2. The lowest BCUT2D eigenvalue weighted by atomic mass is 10.0. The van der Waals surface area contributed by atoms with Crippen molar-refractivity contribution in [3.05, 3.63) is 23.8 Å². The molecule has 1 aromatic carbocycles. The van der Waals surface area contributed by atoms with Crippen LogP contribution in [0.2, 0.25) is 0 Å². The number of fused-ring (bicyclic) bond motifs is 2. The fraction of sp³-hybridized carbons (Fsp3) is 0.600. The largest absolute Gasteiger partial charge is 0.454 e. The monoisotopic (exact) mass is 325 g/mol. The minimum absolute atomic E-state index is 0.0330. The molecule has 0 N–H and O–H groups in total. The van der Waals surface area contributed by atoms with Crippen molar-refractivity contribution >= 4 is 9.84 Å². The topological polar surface area (TPSA) is 65.1 Å². The minimum atomic E-state index is -3.04. The number of hydrogen-bond donors (Lipinski definition) is 0. The smallest absolute Gasteiger partial charge is 0.231 e. The van der Waals surface area contributed by atoms with Gasteiger partial charge in [-0.05, 0) is 12.5 Å². The Kier molecular flexibility index (Phi) is 3.51. The first-order valence-corrected chi connectivity index (χ1v) is 9.27. The summed E-state index contributed by atoms with van der Waals surface area (Å²) in [5, 5.41) is -0.399. The maximum absolute atomic E-state index is 12.2. The Bertz CT molecular complexity index is 675. The molecule has 7 heteroatoms. The Hall–Kier alpha value is -1.31. The van der Waals surface area contributed by atoms with Crippen molar-refractivity contribution < 1.29 is 22.6 Å². The second-order valence-electron chi connectivity index (χ2n) is 5.96. The van der Waals surface area contributed by atoms with Crippen molar-refractivity contribution in [2.24, 2.45) is 0 Å². The molecule has 22 heavy (non-hydrogen) atoms. The molecule has 3 aliphatic rings. The summed E-state index contributed by atoms with van der Waals surface area (Å²) >= 11 is 0. The molecule has 4 rings (SSSR count). The molecule has 120 valence electrons. The molecule has 0 radical (unpaired) electrons. The van der Waals surface area contributed by atoms with Gasteiger partial charge in [0.05, 0.1) is 12.4 Å². The van der Waals surface area contributed by atoms with E-state index in [0.717, 1.165) is 23.5 Å². The van der Waals surface area contributed by atoms with E-state index < -0.39 is 15.1 Å². The molecule has 2 atom stereocenters. The zero-order valence-corrected chi connectivity index (χ0v) is 13.0. The van der Waals surface area contributed by atoms with Crippen LogP contribution in [-0.4, -0.2) is 56.9 Å². The molecule has 2 unspecified atom stereocenters. The standard InChI is InChI=1S/C15H19NO5S/c17-22(18)7-5-16(12-4-6-19-9-14(12)22)8-11-2-1-3-13-15(11)21-10-20-13/h1-3,12,14H,4-10H2. The van der Waals surface area contributed by atoms with E-state index in [4.69, 9.17) is 14.2 Å². The molecule has 0 spiro atoms. The molecule has 0 saturated carbocycles. The number of rotatable bonds is 2. The lowest BCUT2D eigenvalue weighted by Crippen LogP contribution is -2.58. The summed E-state index contributed by atoms with van der Waals surface area (Å²) in [5.74, 6) is 1.76. The van der Waals surface area contributed by atoms with Crippen LogP contribution in [0.25, 0.3) is 0 Å². The highest BCUT2D eigenvalue weighted by Gasteiger charge is 2.43. The predicted octanol–water partition coefficient (Wildman–Crippen LogP) is 0.803. The van der Waals surface area contributed by atoms with E-state index in [-0.39, 0.29) is 18.6 Å². The zero-order chi connectivity index (χ0) is 15.2. The van der Waals surface area contributed by atoms with Crippen LogP contribution in [0.15, 0.2) is 18.2 Å².